The van der Waals surface area contributed by atoms with Gasteiger partial charge >= 0.3 is 0 Å². The van der Waals surface area contributed by atoms with E-state index in [1.54, 1.807) is 12.4 Å². The maximum Gasteiger partial charge on any atom is 0.234 e. The lowest BCUT2D eigenvalue weighted by Gasteiger charge is -2.09. The van der Waals surface area contributed by atoms with E-state index in [4.69, 9.17) is 0 Å². The molecular formula is C13H16N4O2S2. The molecule has 0 aromatic carbocycles. The molecule has 0 bridgehead atoms. The number of fused-ring (bicyclic) bond motifs is 1. The van der Waals surface area contributed by atoms with Crippen LogP contribution in [0.4, 0.5) is 5.13 Å². The summed E-state index contributed by atoms with van der Waals surface area (Å²) in [5, 5.41) is 3.72. The zero-order valence-electron chi connectivity index (χ0n) is 11.4. The summed E-state index contributed by atoms with van der Waals surface area (Å²) >= 11 is 1.41. The van der Waals surface area contributed by atoms with Gasteiger partial charge < -0.3 is 5.32 Å². The zero-order chi connectivity index (χ0) is 14.7. The molecule has 3 rings (SSSR count). The molecule has 0 aliphatic carbocycles. The van der Waals surface area contributed by atoms with Crippen LogP contribution < -0.4 is 10.0 Å². The fourth-order valence-corrected chi connectivity index (χ4v) is 4.45. The molecule has 2 aromatic rings. The summed E-state index contributed by atoms with van der Waals surface area (Å²) in [4.78, 5) is 9.40. The van der Waals surface area contributed by atoms with Gasteiger partial charge in [0.25, 0.3) is 0 Å². The highest BCUT2D eigenvalue weighted by Crippen LogP contribution is 2.26. The third-order valence-electron chi connectivity index (χ3n) is 3.25. The number of hydrogen-bond donors (Lipinski definition) is 2. The Balaban J connectivity index is 1.64. The quantitative estimate of drug-likeness (QED) is 0.862. The second-order valence-electron chi connectivity index (χ2n) is 4.84. The van der Waals surface area contributed by atoms with E-state index in [0.717, 1.165) is 35.6 Å². The van der Waals surface area contributed by atoms with Crippen LogP contribution in [0.5, 0.6) is 0 Å². The van der Waals surface area contributed by atoms with Crippen molar-refractivity contribution in [1.29, 1.82) is 0 Å². The van der Waals surface area contributed by atoms with Crippen molar-refractivity contribution in [1.82, 2.24) is 15.3 Å². The Morgan fingerprint density at radius 2 is 2.14 bits per heavy atom. The lowest BCUT2D eigenvalue weighted by Crippen LogP contribution is -2.22. The number of thiazole rings is 1. The highest BCUT2D eigenvalue weighted by molar-refractivity contribution is 7.92. The molecule has 1 aliphatic heterocycles. The predicted molar refractivity (Wildman–Crippen MR) is 82.9 cm³/mol. The van der Waals surface area contributed by atoms with Crippen LogP contribution >= 0.6 is 11.3 Å². The molecule has 0 atom stereocenters. The van der Waals surface area contributed by atoms with Gasteiger partial charge in [0.15, 0.2) is 5.13 Å². The SMILES string of the molecule is O=S(=O)(CCc1ccncc1)Nc1nc2c(s1)CNCC2. The van der Waals surface area contributed by atoms with E-state index >= 15 is 0 Å². The molecule has 0 radical (unpaired) electrons. The van der Waals surface area contributed by atoms with E-state index in [1.165, 1.54) is 11.3 Å². The van der Waals surface area contributed by atoms with Gasteiger partial charge in [-0.05, 0) is 24.1 Å². The summed E-state index contributed by atoms with van der Waals surface area (Å²) in [7, 11) is -3.38. The average Bonchev–Trinajstić information content (AvgIpc) is 2.87. The highest BCUT2D eigenvalue weighted by Gasteiger charge is 2.18. The van der Waals surface area contributed by atoms with Gasteiger partial charge in [-0.2, -0.15) is 0 Å². The Labute approximate surface area is 127 Å². The molecule has 0 fully saturated rings. The van der Waals surface area contributed by atoms with E-state index in [0.29, 0.717) is 11.6 Å². The lowest BCUT2D eigenvalue weighted by atomic mass is 10.2. The van der Waals surface area contributed by atoms with Gasteiger partial charge in [-0.25, -0.2) is 13.4 Å². The summed E-state index contributed by atoms with van der Waals surface area (Å²) in [6.07, 6.45) is 4.64. The van der Waals surface area contributed by atoms with Crippen LogP contribution in [0, 0.1) is 0 Å². The van der Waals surface area contributed by atoms with E-state index in [9.17, 15) is 8.42 Å². The maximum absolute atomic E-state index is 12.1. The molecule has 0 unspecified atom stereocenters. The highest BCUT2D eigenvalue weighted by atomic mass is 32.2. The summed E-state index contributed by atoms with van der Waals surface area (Å²) in [6.45, 7) is 1.66. The van der Waals surface area contributed by atoms with Crippen molar-refractivity contribution in [3.63, 3.8) is 0 Å². The van der Waals surface area contributed by atoms with Crippen molar-refractivity contribution in [2.45, 2.75) is 19.4 Å². The second kappa shape index (κ2) is 6.08. The van der Waals surface area contributed by atoms with Gasteiger partial charge in [-0.1, -0.05) is 11.3 Å². The minimum atomic E-state index is -3.38. The Kier molecular flexibility index (Phi) is 4.18. The van der Waals surface area contributed by atoms with Crippen LogP contribution in [0.1, 0.15) is 16.1 Å². The minimum absolute atomic E-state index is 0.0412. The molecule has 0 spiro atoms. The average molecular weight is 324 g/mol. The van der Waals surface area contributed by atoms with Gasteiger partial charge in [-0.15, -0.1) is 0 Å². The number of rotatable bonds is 5. The second-order valence-corrected chi connectivity index (χ2v) is 7.77. The fraction of sp³-hybridized carbons (Fsp3) is 0.385. The first-order valence-electron chi connectivity index (χ1n) is 6.71. The van der Waals surface area contributed by atoms with Crippen LogP contribution in [-0.2, 0) is 29.4 Å². The standard InChI is InChI=1S/C13H16N4O2S2/c18-21(19,8-4-10-1-5-14-6-2-10)17-13-16-11-3-7-15-9-12(11)20-13/h1-2,5-6,15H,3-4,7-9H2,(H,16,17). The normalized spacial score (nSPS) is 14.7. The van der Waals surface area contributed by atoms with E-state index < -0.39 is 10.0 Å². The number of sulfonamides is 1. The Morgan fingerprint density at radius 1 is 1.33 bits per heavy atom. The van der Waals surface area contributed by atoms with Crippen LogP contribution in [0.2, 0.25) is 0 Å². The first kappa shape index (κ1) is 14.4. The Hall–Kier alpha value is -1.51. The molecular weight excluding hydrogens is 308 g/mol. The topological polar surface area (TPSA) is 84.0 Å². The van der Waals surface area contributed by atoms with Gasteiger partial charge in [0, 0.05) is 36.8 Å². The van der Waals surface area contributed by atoms with Gasteiger partial charge in [0.1, 0.15) is 0 Å². The van der Waals surface area contributed by atoms with Gasteiger partial charge in [-0.3, -0.25) is 9.71 Å². The summed E-state index contributed by atoms with van der Waals surface area (Å²) in [5.74, 6) is 0.0412. The molecule has 2 aromatic heterocycles. The minimum Gasteiger partial charge on any atom is -0.311 e. The smallest absolute Gasteiger partial charge is 0.234 e. The van der Waals surface area contributed by atoms with Crippen molar-refractivity contribution < 1.29 is 8.42 Å². The van der Waals surface area contributed by atoms with Crippen LogP contribution in [0.25, 0.3) is 0 Å². The Morgan fingerprint density at radius 3 is 2.90 bits per heavy atom. The molecule has 0 amide bonds. The van der Waals surface area contributed by atoms with Gasteiger partial charge in [0.05, 0.1) is 11.4 Å². The molecule has 0 saturated heterocycles. The molecule has 112 valence electrons. The molecule has 0 saturated carbocycles. The van der Waals surface area contributed by atoms with Crippen molar-refractivity contribution in [2.75, 3.05) is 17.0 Å². The fourth-order valence-electron chi connectivity index (χ4n) is 2.15. The number of pyridine rings is 1. The van der Waals surface area contributed by atoms with Crippen molar-refractivity contribution in [2.24, 2.45) is 0 Å². The molecule has 6 nitrogen and oxygen atoms in total. The third-order valence-corrected chi connectivity index (χ3v) is 5.64. The van der Waals surface area contributed by atoms with E-state index in [-0.39, 0.29) is 5.75 Å². The molecule has 21 heavy (non-hydrogen) atoms. The summed E-state index contributed by atoms with van der Waals surface area (Å²) < 4.78 is 26.8. The third kappa shape index (κ3) is 3.78. The monoisotopic (exact) mass is 324 g/mol. The van der Waals surface area contributed by atoms with E-state index in [1.807, 2.05) is 12.1 Å². The maximum atomic E-state index is 12.1. The first-order chi connectivity index (χ1) is 10.1. The zero-order valence-corrected chi connectivity index (χ0v) is 13.0. The largest absolute Gasteiger partial charge is 0.311 e. The van der Waals surface area contributed by atoms with Crippen molar-refractivity contribution in [3.05, 3.63) is 40.7 Å². The number of nitrogens with zero attached hydrogens (tertiary/aromatic N) is 2. The molecule has 1 aliphatic rings. The van der Waals surface area contributed by atoms with Crippen molar-refractivity contribution in [3.8, 4) is 0 Å². The number of hydrogen-bond acceptors (Lipinski definition) is 6. The number of aromatic nitrogens is 2. The van der Waals surface area contributed by atoms with Crippen LogP contribution in [-0.4, -0.2) is 30.7 Å². The number of anilines is 1. The summed E-state index contributed by atoms with van der Waals surface area (Å²) in [5.41, 5.74) is 1.96. The lowest BCUT2D eigenvalue weighted by molar-refractivity contribution is 0.600. The number of aryl methyl sites for hydroxylation is 1. The molecule has 3 heterocycles. The van der Waals surface area contributed by atoms with Crippen LogP contribution in [0.15, 0.2) is 24.5 Å². The Bertz CT molecular complexity index is 690. The molecule has 2 N–H and O–H groups in total. The first-order valence-corrected chi connectivity index (χ1v) is 9.18. The van der Waals surface area contributed by atoms with E-state index in [2.05, 4.69) is 20.0 Å². The number of nitrogens with one attached hydrogen (secondary N) is 2. The predicted octanol–water partition coefficient (Wildman–Crippen LogP) is 1.17. The van der Waals surface area contributed by atoms with Gasteiger partial charge in [0.2, 0.25) is 10.0 Å². The molecule has 8 heteroatoms. The van der Waals surface area contributed by atoms with Crippen molar-refractivity contribution >= 4 is 26.5 Å². The van der Waals surface area contributed by atoms with Crippen LogP contribution in [0.3, 0.4) is 0 Å². The summed E-state index contributed by atoms with van der Waals surface area (Å²) in [6, 6.07) is 3.65.